The largest absolute Gasteiger partial charge is 0.382 e. The smallest absolute Gasteiger partial charge is 0.319 e. The van der Waals surface area contributed by atoms with Gasteiger partial charge < -0.3 is 16.4 Å². The number of fused-ring (bicyclic) bond motifs is 1. The van der Waals surface area contributed by atoms with Gasteiger partial charge in [0.15, 0.2) is 5.82 Å². The van der Waals surface area contributed by atoms with Crippen molar-refractivity contribution >= 4 is 28.4 Å². The summed E-state index contributed by atoms with van der Waals surface area (Å²) in [6.07, 6.45) is 0. The molecule has 0 bridgehead atoms. The van der Waals surface area contributed by atoms with Crippen LogP contribution in [0.5, 0.6) is 0 Å². The second-order valence-electron chi connectivity index (χ2n) is 6.16. The third-order valence-corrected chi connectivity index (χ3v) is 4.26. The molecule has 0 saturated heterocycles. The Labute approximate surface area is 156 Å². The SMILES string of the molecule is Nc1nn(-c2cccc(CNC(=O)Nc3ccccc3)c2)c2ccccc12. The van der Waals surface area contributed by atoms with Crippen LogP contribution in [0.3, 0.4) is 0 Å². The van der Waals surface area contributed by atoms with E-state index in [1.807, 2.05) is 83.5 Å². The van der Waals surface area contributed by atoms with Crippen molar-refractivity contribution in [3.63, 3.8) is 0 Å². The van der Waals surface area contributed by atoms with Crippen molar-refractivity contribution < 1.29 is 4.79 Å². The summed E-state index contributed by atoms with van der Waals surface area (Å²) in [5.74, 6) is 0.497. The Morgan fingerprint density at radius 1 is 0.963 bits per heavy atom. The summed E-state index contributed by atoms with van der Waals surface area (Å²) in [7, 11) is 0. The zero-order chi connectivity index (χ0) is 18.6. The number of nitrogen functional groups attached to an aromatic ring is 1. The number of anilines is 2. The van der Waals surface area contributed by atoms with Gasteiger partial charge in [-0.05, 0) is 42.0 Å². The predicted octanol–water partition coefficient (Wildman–Crippen LogP) is 3.93. The Kier molecular flexibility index (Phi) is 4.45. The van der Waals surface area contributed by atoms with Gasteiger partial charge in [0.05, 0.1) is 11.2 Å². The number of carbonyl (C=O) groups is 1. The van der Waals surface area contributed by atoms with Crippen molar-refractivity contribution in [2.45, 2.75) is 6.54 Å². The van der Waals surface area contributed by atoms with Gasteiger partial charge in [0.25, 0.3) is 0 Å². The second kappa shape index (κ2) is 7.21. The van der Waals surface area contributed by atoms with Gasteiger partial charge in [0.1, 0.15) is 0 Å². The first-order valence-corrected chi connectivity index (χ1v) is 8.63. The first kappa shape index (κ1) is 16.7. The molecule has 134 valence electrons. The molecular formula is C21H19N5O. The zero-order valence-electron chi connectivity index (χ0n) is 14.6. The molecule has 0 saturated carbocycles. The number of nitrogens with one attached hydrogen (secondary N) is 2. The molecule has 4 rings (SSSR count). The molecule has 0 aliphatic rings. The highest BCUT2D eigenvalue weighted by Gasteiger charge is 2.09. The fraction of sp³-hybridized carbons (Fsp3) is 0.0476. The number of benzene rings is 3. The molecule has 0 aliphatic heterocycles. The first-order valence-electron chi connectivity index (χ1n) is 8.63. The summed E-state index contributed by atoms with van der Waals surface area (Å²) in [4.78, 5) is 12.1. The van der Waals surface area contributed by atoms with Crippen LogP contribution in [0.2, 0.25) is 0 Å². The van der Waals surface area contributed by atoms with Crippen LogP contribution >= 0.6 is 0 Å². The normalized spacial score (nSPS) is 10.7. The average Bonchev–Trinajstić information content (AvgIpc) is 3.05. The third-order valence-electron chi connectivity index (χ3n) is 4.26. The number of urea groups is 1. The molecule has 27 heavy (non-hydrogen) atoms. The summed E-state index contributed by atoms with van der Waals surface area (Å²) in [6.45, 7) is 0.404. The van der Waals surface area contributed by atoms with Crippen LogP contribution in [0, 0.1) is 0 Å². The molecule has 0 radical (unpaired) electrons. The standard InChI is InChI=1S/C21H19N5O/c22-20-18-11-4-5-12-19(18)26(25-20)17-10-6-7-15(13-17)14-23-21(27)24-16-8-2-1-3-9-16/h1-13H,14H2,(H2,22,25)(H2,23,24,27). The van der Waals surface area contributed by atoms with E-state index in [-0.39, 0.29) is 6.03 Å². The van der Waals surface area contributed by atoms with Crippen molar-refractivity contribution in [1.29, 1.82) is 0 Å². The fourth-order valence-electron chi connectivity index (χ4n) is 2.96. The van der Waals surface area contributed by atoms with Crippen LogP contribution in [-0.4, -0.2) is 15.8 Å². The molecule has 2 amide bonds. The van der Waals surface area contributed by atoms with E-state index in [0.717, 1.165) is 27.8 Å². The lowest BCUT2D eigenvalue weighted by Gasteiger charge is -2.09. The van der Waals surface area contributed by atoms with Crippen molar-refractivity contribution in [2.24, 2.45) is 0 Å². The molecule has 0 spiro atoms. The minimum atomic E-state index is -0.250. The van der Waals surface area contributed by atoms with Crippen LogP contribution in [0.4, 0.5) is 16.3 Å². The van der Waals surface area contributed by atoms with Crippen LogP contribution in [0.1, 0.15) is 5.56 Å². The van der Waals surface area contributed by atoms with Crippen molar-refractivity contribution in [3.8, 4) is 5.69 Å². The summed E-state index contributed by atoms with van der Waals surface area (Å²) >= 11 is 0. The van der Waals surface area contributed by atoms with Crippen LogP contribution < -0.4 is 16.4 Å². The van der Waals surface area contributed by atoms with Crippen molar-refractivity contribution in [2.75, 3.05) is 11.1 Å². The van der Waals surface area contributed by atoms with E-state index in [9.17, 15) is 4.79 Å². The quantitative estimate of drug-likeness (QED) is 0.517. The average molecular weight is 357 g/mol. The minimum Gasteiger partial charge on any atom is -0.382 e. The summed E-state index contributed by atoms with van der Waals surface area (Å²) in [5, 5.41) is 11.0. The number of para-hydroxylation sites is 2. The van der Waals surface area contributed by atoms with Gasteiger partial charge in [0.2, 0.25) is 0 Å². The minimum absolute atomic E-state index is 0.250. The van der Waals surface area contributed by atoms with Crippen molar-refractivity contribution in [1.82, 2.24) is 15.1 Å². The number of amides is 2. The lowest BCUT2D eigenvalue weighted by Crippen LogP contribution is -2.28. The topological polar surface area (TPSA) is 85.0 Å². The Balaban J connectivity index is 1.50. The molecule has 3 aromatic carbocycles. The van der Waals surface area contributed by atoms with E-state index in [2.05, 4.69) is 15.7 Å². The number of hydrogen-bond acceptors (Lipinski definition) is 3. The van der Waals surface area contributed by atoms with Gasteiger partial charge in [-0.2, -0.15) is 0 Å². The number of carbonyl (C=O) groups excluding carboxylic acids is 1. The Morgan fingerprint density at radius 3 is 2.59 bits per heavy atom. The molecule has 0 fully saturated rings. The summed E-state index contributed by atoms with van der Waals surface area (Å²) in [6, 6.07) is 24.8. The van der Waals surface area contributed by atoms with Gasteiger partial charge in [-0.3, -0.25) is 0 Å². The molecule has 1 heterocycles. The monoisotopic (exact) mass is 357 g/mol. The van der Waals surface area contributed by atoms with E-state index < -0.39 is 0 Å². The van der Waals surface area contributed by atoms with Gasteiger partial charge in [-0.1, -0.05) is 42.5 Å². The van der Waals surface area contributed by atoms with E-state index in [1.54, 1.807) is 0 Å². The molecule has 0 atom stereocenters. The van der Waals surface area contributed by atoms with Gasteiger partial charge in [-0.15, -0.1) is 5.10 Å². The number of rotatable bonds is 4. The molecular weight excluding hydrogens is 338 g/mol. The Bertz CT molecular complexity index is 1090. The molecule has 6 heteroatoms. The number of hydrogen-bond donors (Lipinski definition) is 3. The fourth-order valence-corrected chi connectivity index (χ4v) is 2.96. The zero-order valence-corrected chi connectivity index (χ0v) is 14.6. The lowest BCUT2D eigenvalue weighted by molar-refractivity contribution is 0.251. The number of aromatic nitrogens is 2. The molecule has 0 unspecified atom stereocenters. The van der Waals surface area contributed by atoms with Gasteiger partial charge >= 0.3 is 6.03 Å². The first-order chi connectivity index (χ1) is 13.2. The highest BCUT2D eigenvalue weighted by molar-refractivity contribution is 5.90. The van der Waals surface area contributed by atoms with E-state index >= 15 is 0 Å². The maximum Gasteiger partial charge on any atom is 0.319 e. The number of nitrogens with zero attached hydrogens (tertiary/aromatic N) is 2. The van der Waals surface area contributed by atoms with Gasteiger partial charge in [0, 0.05) is 17.6 Å². The molecule has 6 nitrogen and oxygen atoms in total. The third kappa shape index (κ3) is 3.59. The van der Waals surface area contributed by atoms with Crippen LogP contribution in [0.15, 0.2) is 78.9 Å². The lowest BCUT2D eigenvalue weighted by atomic mass is 10.2. The highest BCUT2D eigenvalue weighted by Crippen LogP contribution is 2.23. The van der Waals surface area contributed by atoms with E-state index in [1.165, 1.54) is 0 Å². The Hall–Kier alpha value is -3.80. The summed E-state index contributed by atoms with van der Waals surface area (Å²) in [5.41, 5.74) is 9.59. The Morgan fingerprint density at radius 2 is 1.74 bits per heavy atom. The molecule has 0 aliphatic carbocycles. The van der Waals surface area contributed by atoms with Crippen LogP contribution in [-0.2, 0) is 6.54 Å². The maximum absolute atomic E-state index is 12.1. The second-order valence-corrected chi connectivity index (χ2v) is 6.16. The maximum atomic E-state index is 12.1. The van der Waals surface area contributed by atoms with E-state index in [0.29, 0.717) is 12.4 Å². The molecule has 4 N–H and O–H groups in total. The molecule has 1 aromatic heterocycles. The molecule has 4 aromatic rings. The predicted molar refractivity (Wildman–Crippen MR) is 108 cm³/mol. The van der Waals surface area contributed by atoms with Gasteiger partial charge in [-0.25, -0.2) is 9.48 Å². The van der Waals surface area contributed by atoms with Crippen LogP contribution in [0.25, 0.3) is 16.6 Å². The number of nitrogens with two attached hydrogens (primary N) is 1. The summed E-state index contributed by atoms with van der Waals surface area (Å²) < 4.78 is 1.82. The van der Waals surface area contributed by atoms with Crippen molar-refractivity contribution in [3.05, 3.63) is 84.4 Å². The highest BCUT2D eigenvalue weighted by atomic mass is 16.2. The van der Waals surface area contributed by atoms with E-state index in [4.69, 9.17) is 5.73 Å².